The summed E-state index contributed by atoms with van der Waals surface area (Å²) in [4.78, 5) is 0. The highest BCUT2D eigenvalue weighted by Crippen LogP contribution is 2.41. The third-order valence-corrected chi connectivity index (χ3v) is 4.30. The standard InChI is InChI=1S/C13H23BrN4/c1-13(2,3)15-8-9-6-5-7-10(9)11-12(14)16-17-18(11)4/h9-10,15H,5-8H2,1-4H3. The molecule has 0 amide bonds. The Bertz CT molecular complexity index is 388. The van der Waals surface area contributed by atoms with E-state index in [9.17, 15) is 0 Å². The molecule has 1 fully saturated rings. The highest BCUT2D eigenvalue weighted by Gasteiger charge is 2.33. The van der Waals surface area contributed by atoms with Crippen molar-refractivity contribution in [3.05, 3.63) is 10.3 Å². The van der Waals surface area contributed by atoms with Crippen molar-refractivity contribution in [1.82, 2.24) is 20.3 Å². The van der Waals surface area contributed by atoms with Gasteiger partial charge < -0.3 is 5.32 Å². The van der Waals surface area contributed by atoms with Crippen LogP contribution in [0.15, 0.2) is 4.60 Å². The number of halogens is 1. The maximum atomic E-state index is 4.11. The Hall–Kier alpha value is -0.420. The highest BCUT2D eigenvalue weighted by atomic mass is 79.9. The van der Waals surface area contributed by atoms with Crippen LogP contribution in [0.2, 0.25) is 0 Å². The molecule has 0 radical (unpaired) electrons. The highest BCUT2D eigenvalue weighted by molar-refractivity contribution is 9.10. The van der Waals surface area contributed by atoms with Gasteiger partial charge in [-0.3, -0.25) is 4.68 Å². The van der Waals surface area contributed by atoms with Crippen molar-refractivity contribution < 1.29 is 0 Å². The molecule has 2 unspecified atom stereocenters. The molecule has 0 aromatic carbocycles. The fourth-order valence-electron chi connectivity index (χ4n) is 2.81. The Labute approximate surface area is 118 Å². The molecule has 1 heterocycles. The lowest BCUT2D eigenvalue weighted by Crippen LogP contribution is -2.39. The van der Waals surface area contributed by atoms with Gasteiger partial charge in [0.2, 0.25) is 0 Å². The Kier molecular flexibility index (Phi) is 4.11. The lowest BCUT2D eigenvalue weighted by Gasteiger charge is -2.26. The van der Waals surface area contributed by atoms with E-state index in [0.29, 0.717) is 11.8 Å². The summed E-state index contributed by atoms with van der Waals surface area (Å²) in [6.45, 7) is 7.74. The number of rotatable bonds is 3. The van der Waals surface area contributed by atoms with Crippen molar-refractivity contribution in [2.75, 3.05) is 6.54 Å². The van der Waals surface area contributed by atoms with E-state index in [4.69, 9.17) is 0 Å². The molecule has 1 aliphatic carbocycles. The number of aryl methyl sites for hydroxylation is 1. The molecule has 0 spiro atoms. The van der Waals surface area contributed by atoms with Gasteiger partial charge in [0.05, 0.1) is 5.69 Å². The molecule has 1 aromatic rings. The van der Waals surface area contributed by atoms with Crippen LogP contribution in [-0.2, 0) is 7.05 Å². The van der Waals surface area contributed by atoms with Crippen LogP contribution in [0.25, 0.3) is 0 Å². The zero-order chi connectivity index (χ0) is 13.3. The van der Waals surface area contributed by atoms with Crippen molar-refractivity contribution in [1.29, 1.82) is 0 Å². The number of aromatic nitrogens is 3. The molecule has 1 aliphatic rings. The second-order valence-electron chi connectivity index (χ2n) is 6.32. The largest absolute Gasteiger partial charge is 0.312 e. The lowest BCUT2D eigenvalue weighted by molar-refractivity contribution is 0.351. The summed E-state index contributed by atoms with van der Waals surface area (Å²) in [5, 5.41) is 11.8. The molecule has 1 N–H and O–H groups in total. The van der Waals surface area contributed by atoms with Gasteiger partial charge in [-0.15, -0.1) is 5.10 Å². The first-order valence-corrected chi connectivity index (χ1v) is 7.48. The van der Waals surface area contributed by atoms with E-state index < -0.39 is 0 Å². The summed E-state index contributed by atoms with van der Waals surface area (Å²) in [5.74, 6) is 1.27. The van der Waals surface area contributed by atoms with Gasteiger partial charge in [-0.2, -0.15) is 0 Å². The molecule has 18 heavy (non-hydrogen) atoms. The zero-order valence-electron chi connectivity index (χ0n) is 11.7. The fourth-order valence-corrected chi connectivity index (χ4v) is 3.43. The van der Waals surface area contributed by atoms with Crippen molar-refractivity contribution in [2.24, 2.45) is 13.0 Å². The van der Waals surface area contributed by atoms with E-state index in [2.05, 4.69) is 52.3 Å². The van der Waals surface area contributed by atoms with E-state index >= 15 is 0 Å². The van der Waals surface area contributed by atoms with Crippen molar-refractivity contribution in [2.45, 2.75) is 51.5 Å². The topological polar surface area (TPSA) is 42.7 Å². The minimum atomic E-state index is 0.190. The van der Waals surface area contributed by atoms with Gasteiger partial charge in [-0.25, -0.2) is 0 Å². The van der Waals surface area contributed by atoms with Gasteiger partial charge in [0.1, 0.15) is 0 Å². The second-order valence-corrected chi connectivity index (χ2v) is 7.07. The molecule has 1 saturated carbocycles. The van der Waals surface area contributed by atoms with E-state index in [0.717, 1.165) is 11.1 Å². The van der Waals surface area contributed by atoms with Crippen LogP contribution in [0.4, 0.5) is 0 Å². The quantitative estimate of drug-likeness (QED) is 0.933. The number of nitrogens with zero attached hydrogens (tertiary/aromatic N) is 3. The summed E-state index contributed by atoms with van der Waals surface area (Å²) in [5.41, 5.74) is 1.45. The molecule has 0 aliphatic heterocycles. The van der Waals surface area contributed by atoms with Crippen molar-refractivity contribution in [3.63, 3.8) is 0 Å². The van der Waals surface area contributed by atoms with Gasteiger partial charge in [-0.1, -0.05) is 11.6 Å². The fraction of sp³-hybridized carbons (Fsp3) is 0.846. The van der Waals surface area contributed by atoms with Crippen molar-refractivity contribution >= 4 is 15.9 Å². The van der Waals surface area contributed by atoms with Crippen LogP contribution in [-0.4, -0.2) is 27.1 Å². The predicted molar refractivity (Wildman–Crippen MR) is 76.5 cm³/mol. The molecule has 2 rings (SSSR count). The second kappa shape index (κ2) is 5.29. The molecule has 0 bridgehead atoms. The van der Waals surface area contributed by atoms with Crippen LogP contribution in [0.3, 0.4) is 0 Å². The summed E-state index contributed by atoms with van der Waals surface area (Å²) >= 11 is 3.53. The van der Waals surface area contributed by atoms with Crippen LogP contribution in [0.5, 0.6) is 0 Å². The minimum Gasteiger partial charge on any atom is -0.312 e. The molecule has 2 atom stereocenters. The molecular weight excluding hydrogens is 292 g/mol. The predicted octanol–water partition coefficient (Wildman–Crippen LogP) is 2.85. The summed E-state index contributed by atoms with van der Waals surface area (Å²) < 4.78 is 2.84. The Balaban J connectivity index is 2.08. The van der Waals surface area contributed by atoms with Gasteiger partial charge in [0, 0.05) is 18.5 Å². The smallest absolute Gasteiger partial charge is 0.151 e. The zero-order valence-corrected chi connectivity index (χ0v) is 13.3. The first-order chi connectivity index (χ1) is 8.38. The minimum absolute atomic E-state index is 0.190. The third kappa shape index (κ3) is 3.12. The molecular formula is C13H23BrN4. The average molecular weight is 315 g/mol. The molecule has 5 heteroatoms. The van der Waals surface area contributed by atoms with E-state index in [1.807, 2.05) is 11.7 Å². The summed E-state index contributed by atoms with van der Waals surface area (Å²) in [7, 11) is 1.99. The average Bonchev–Trinajstić information content (AvgIpc) is 2.82. The molecule has 1 aromatic heterocycles. The lowest BCUT2D eigenvalue weighted by atomic mass is 9.92. The van der Waals surface area contributed by atoms with Crippen LogP contribution in [0, 0.1) is 5.92 Å². The number of hydrogen-bond donors (Lipinski definition) is 1. The van der Waals surface area contributed by atoms with Gasteiger partial charge >= 0.3 is 0 Å². The van der Waals surface area contributed by atoms with E-state index in [1.54, 1.807) is 0 Å². The first-order valence-electron chi connectivity index (χ1n) is 6.68. The Morgan fingerprint density at radius 3 is 2.67 bits per heavy atom. The van der Waals surface area contributed by atoms with Crippen LogP contribution in [0.1, 0.15) is 51.6 Å². The number of hydrogen-bond acceptors (Lipinski definition) is 3. The van der Waals surface area contributed by atoms with Gasteiger partial charge in [-0.05, 0) is 62.0 Å². The maximum Gasteiger partial charge on any atom is 0.151 e. The SMILES string of the molecule is Cn1nnc(Br)c1C1CCCC1CNC(C)(C)C. The van der Waals surface area contributed by atoms with Crippen LogP contribution < -0.4 is 5.32 Å². The molecule has 102 valence electrons. The Morgan fingerprint density at radius 2 is 2.11 bits per heavy atom. The molecule has 0 saturated heterocycles. The van der Waals surface area contributed by atoms with Gasteiger partial charge in [0.25, 0.3) is 0 Å². The third-order valence-electron chi connectivity index (χ3n) is 3.73. The summed E-state index contributed by atoms with van der Waals surface area (Å²) in [6, 6.07) is 0. The normalized spacial score (nSPS) is 24.7. The first kappa shape index (κ1) is 14.0. The van der Waals surface area contributed by atoms with Crippen molar-refractivity contribution in [3.8, 4) is 0 Å². The van der Waals surface area contributed by atoms with E-state index in [-0.39, 0.29) is 5.54 Å². The molecule has 4 nitrogen and oxygen atoms in total. The summed E-state index contributed by atoms with van der Waals surface area (Å²) in [6.07, 6.45) is 3.85. The van der Waals surface area contributed by atoms with Crippen LogP contribution >= 0.6 is 15.9 Å². The van der Waals surface area contributed by atoms with Gasteiger partial charge in [0.15, 0.2) is 4.60 Å². The maximum absolute atomic E-state index is 4.11. The monoisotopic (exact) mass is 314 g/mol. The number of nitrogens with one attached hydrogen (secondary N) is 1. The Morgan fingerprint density at radius 1 is 1.39 bits per heavy atom. The van der Waals surface area contributed by atoms with E-state index in [1.165, 1.54) is 25.0 Å².